The third-order valence-corrected chi connectivity index (χ3v) is 2.71. The molecular weight excluding hydrogens is 228 g/mol. The van der Waals surface area contributed by atoms with Crippen molar-refractivity contribution in [3.05, 3.63) is 18.6 Å². The highest BCUT2D eigenvalue weighted by molar-refractivity contribution is 5.53. The van der Waals surface area contributed by atoms with Crippen LogP contribution < -0.4 is 10.1 Å². The van der Waals surface area contributed by atoms with Gasteiger partial charge >= 0.3 is 0 Å². The van der Waals surface area contributed by atoms with Crippen molar-refractivity contribution >= 4 is 11.5 Å². The molecule has 2 aromatic rings. The van der Waals surface area contributed by atoms with Crippen molar-refractivity contribution < 1.29 is 4.74 Å². The van der Waals surface area contributed by atoms with E-state index in [4.69, 9.17) is 4.74 Å². The Hall–Kier alpha value is -1.78. The van der Waals surface area contributed by atoms with Crippen molar-refractivity contribution in [1.29, 1.82) is 0 Å². The van der Waals surface area contributed by atoms with Gasteiger partial charge in [-0.2, -0.15) is 4.98 Å². The maximum Gasteiger partial charge on any atom is 0.260 e. The summed E-state index contributed by atoms with van der Waals surface area (Å²) in [5.74, 6) is 1.40. The Morgan fingerprint density at radius 2 is 2.28 bits per heavy atom. The maximum atomic E-state index is 5.88. The lowest BCUT2D eigenvalue weighted by molar-refractivity contribution is 0.203. The van der Waals surface area contributed by atoms with Crippen LogP contribution in [0, 0.1) is 0 Å². The van der Waals surface area contributed by atoms with Gasteiger partial charge in [0.15, 0.2) is 0 Å². The molecule has 1 N–H and O–H groups in total. The van der Waals surface area contributed by atoms with Crippen molar-refractivity contribution in [2.24, 2.45) is 0 Å². The average molecular weight is 248 g/mol. The maximum absolute atomic E-state index is 5.88. The molecule has 0 fully saturated rings. The monoisotopic (exact) mass is 248 g/mol. The average Bonchev–Trinajstić information content (AvgIpc) is 2.78. The zero-order valence-electron chi connectivity index (χ0n) is 11.2. The smallest absolute Gasteiger partial charge is 0.260 e. The summed E-state index contributed by atoms with van der Waals surface area (Å²) in [6.45, 7) is 7.08. The molecule has 2 rings (SSSR count). The van der Waals surface area contributed by atoms with Gasteiger partial charge in [-0.25, -0.2) is 4.98 Å². The summed E-state index contributed by atoms with van der Waals surface area (Å²) in [6, 6.07) is 0. The minimum Gasteiger partial charge on any atom is -0.472 e. The predicted molar refractivity (Wildman–Crippen MR) is 72.1 cm³/mol. The second-order valence-electron chi connectivity index (χ2n) is 4.34. The van der Waals surface area contributed by atoms with Crippen molar-refractivity contribution in [3.63, 3.8) is 0 Å². The van der Waals surface area contributed by atoms with Crippen molar-refractivity contribution in [3.8, 4) is 5.88 Å². The molecule has 0 saturated heterocycles. The molecule has 0 aliphatic carbocycles. The number of imidazole rings is 1. The first-order valence-electron chi connectivity index (χ1n) is 6.48. The van der Waals surface area contributed by atoms with Crippen LogP contribution in [-0.2, 0) is 0 Å². The van der Waals surface area contributed by atoms with E-state index in [9.17, 15) is 0 Å². The van der Waals surface area contributed by atoms with Gasteiger partial charge in [-0.3, -0.25) is 4.40 Å². The Kier molecular flexibility index (Phi) is 4.02. The van der Waals surface area contributed by atoms with E-state index in [1.165, 1.54) is 0 Å². The van der Waals surface area contributed by atoms with Gasteiger partial charge < -0.3 is 10.1 Å². The molecule has 0 aliphatic rings. The highest BCUT2D eigenvalue weighted by Crippen LogP contribution is 2.20. The molecule has 0 saturated carbocycles. The van der Waals surface area contributed by atoms with Crippen molar-refractivity contribution in [1.82, 2.24) is 14.4 Å². The minimum absolute atomic E-state index is 0.153. The van der Waals surface area contributed by atoms with Gasteiger partial charge in [0.25, 0.3) is 5.88 Å². The number of ether oxygens (including phenoxy) is 1. The lowest BCUT2D eigenvalue weighted by Gasteiger charge is -2.14. The summed E-state index contributed by atoms with van der Waals surface area (Å²) in [5.41, 5.74) is 0.764. The molecule has 0 radical (unpaired) electrons. The van der Waals surface area contributed by atoms with Crippen LogP contribution in [0.4, 0.5) is 5.82 Å². The van der Waals surface area contributed by atoms with Gasteiger partial charge in [0, 0.05) is 18.9 Å². The van der Waals surface area contributed by atoms with Crippen molar-refractivity contribution in [2.75, 3.05) is 11.9 Å². The highest BCUT2D eigenvalue weighted by atomic mass is 16.5. The molecule has 2 aromatic heterocycles. The predicted octanol–water partition coefficient (Wildman–Crippen LogP) is 2.73. The molecule has 5 nitrogen and oxygen atoms in total. The molecular formula is C13H20N4O. The number of fused-ring (bicyclic) bond motifs is 1. The number of nitrogens with zero attached hydrogens (tertiary/aromatic N) is 3. The molecule has 0 spiro atoms. The van der Waals surface area contributed by atoms with Crippen LogP contribution in [0.2, 0.25) is 0 Å². The molecule has 98 valence electrons. The van der Waals surface area contributed by atoms with Crippen LogP contribution in [0.5, 0.6) is 5.88 Å². The minimum atomic E-state index is 0.153. The zero-order chi connectivity index (χ0) is 13.0. The first kappa shape index (κ1) is 12.7. The Morgan fingerprint density at radius 3 is 3.00 bits per heavy atom. The van der Waals surface area contributed by atoms with Gasteiger partial charge in [-0.1, -0.05) is 13.3 Å². The molecule has 5 heteroatoms. The number of nitrogens with one attached hydrogen (secondary N) is 1. The largest absolute Gasteiger partial charge is 0.472 e. The first-order chi connectivity index (χ1) is 8.74. The second-order valence-corrected chi connectivity index (χ2v) is 4.34. The topological polar surface area (TPSA) is 51.5 Å². The van der Waals surface area contributed by atoms with E-state index >= 15 is 0 Å². The lowest BCUT2D eigenvalue weighted by Crippen LogP contribution is -2.14. The van der Waals surface area contributed by atoms with E-state index in [0.717, 1.165) is 30.9 Å². The quantitative estimate of drug-likeness (QED) is 0.854. The third-order valence-electron chi connectivity index (χ3n) is 2.71. The normalized spacial score (nSPS) is 12.6. The number of hydrogen-bond donors (Lipinski definition) is 1. The number of hydrogen-bond acceptors (Lipinski definition) is 4. The summed E-state index contributed by atoms with van der Waals surface area (Å²) in [7, 11) is 0. The Bertz CT molecular complexity index is 509. The highest BCUT2D eigenvalue weighted by Gasteiger charge is 2.11. The molecule has 0 amide bonds. The van der Waals surface area contributed by atoms with Crippen molar-refractivity contribution in [2.45, 2.75) is 39.7 Å². The van der Waals surface area contributed by atoms with Gasteiger partial charge in [0.1, 0.15) is 5.82 Å². The fourth-order valence-electron chi connectivity index (χ4n) is 1.90. The van der Waals surface area contributed by atoms with Gasteiger partial charge in [-0.15, -0.1) is 0 Å². The fourth-order valence-corrected chi connectivity index (χ4v) is 1.90. The fraction of sp³-hybridized carbons (Fsp3) is 0.538. The lowest BCUT2D eigenvalue weighted by atomic mass is 10.2. The first-order valence-corrected chi connectivity index (χ1v) is 6.48. The summed E-state index contributed by atoms with van der Waals surface area (Å²) in [6.07, 6.45) is 7.83. The number of rotatable bonds is 6. The Labute approximate surface area is 107 Å². The molecule has 0 aromatic carbocycles. The number of anilines is 1. The van der Waals surface area contributed by atoms with Crippen LogP contribution in [-0.4, -0.2) is 27.0 Å². The van der Waals surface area contributed by atoms with E-state index in [1.54, 1.807) is 6.20 Å². The van der Waals surface area contributed by atoms with E-state index < -0.39 is 0 Å². The van der Waals surface area contributed by atoms with Gasteiger partial charge in [0.2, 0.25) is 5.65 Å². The SMILES string of the molecule is CCCC(C)Oc1nc(NCC)cn2ccnc12. The summed E-state index contributed by atoms with van der Waals surface area (Å²) in [4.78, 5) is 8.75. The van der Waals surface area contributed by atoms with Crippen LogP contribution in [0.25, 0.3) is 5.65 Å². The Balaban J connectivity index is 2.31. The van der Waals surface area contributed by atoms with E-state index in [2.05, 4.69) is 29.1 Å². The second kappa shape index (κ2) is 5.71. The van der Waals surface area contributed by atoms with Crippen LogP contribution >= 0.6 is 0 Å². The Morgan fingerprint density at radius 1 is 1.44 bits per heavy atom. The summed E-state index contributed by atoms with van der Waals surface area (Å²) >= 11 is 0. The van der Waals surface area contributed by atoms with Crippen LogP contribution in [0.15, 0.2) is 18.6 Å². The van der Waals surface area contributed by atoms with Crippen LogP contribution in [0.1, 0.15) is 33.6 Å². The van der Waals surface area contributed by atoms with Gasteiger partial charge in [0.05, 0.1) is 12.3 Å². The summed E-state index contributed by atoms with van der Waals surface area (Å²) in [5, 5.41) is 3.20. The number of aromatic nitrogens is 3. The molecule has 1 atom stereocenters. The summed E-state index contributed by atoms with van der Waals surface area (Å²) < 4.78 is 7.81. The molecule has 1 unspecified atom stereocenters. The molecule has 18 heavy (non-hydrogen) atoms. The van der Waals surface area contributed by atoms with Crippen LogP contribution in [0.3, 0.4) is 0 Å². The molecule has 0 aliphatic heterocycles. The van der Waals surface area contributed by atoms with E-state index in [0.29, 0.717) is 5.88 Å². The van der Waals surface area contributed by atoms with Gasteiger partial charge in [-0.05, 0) is 20.3 Å². The standard InChI is InChI=1S/C13H20N4O/c1-4-6-10(3)18-13-12-15-7-8-17(12)9-11(16-13)14-5-2/h7-10,14H,4-6H2,1-3H3. The zero-order valence-corrected chi connectivity index (χ0v) is 11.2. The van der Waals surface area contributed by atoms with E-state index in [1.807, 2.05) is 23.7 Å². The molecule has 0 bridgehead atoms. The third kappa shape index (κ3) is 2.72. The van der Waals surface area contributed by atoms with E-state index in [-0.39, 0.29) is 6.10 Å². The molecule has 2 heterocycles.